The molecule has 0 atom stereocenters. The van der Waals surface area contributed by atoms with Crippen LogP contribution in [-0.2, 0) is 10.2 Å². The summed E-state index contributed by atoms with van der Waals surface area (Å²) in [5.74, 6) is 0. The number of ether oxygens (including phenoxy) is 1. The van der Waals surface area contributed by atoms with Gasteiger partial charge in [-0.1, -0.05) is 13.8 Å². The van der Waals surface area contributed by atoms with Gasteiger partial charge in [0.1, 0.15) is 0 Å². The third kappa shape index (κ3) is 2.31. The van der Waals surface area contributed by atoms with Crippen molar-refractivity contribution in [3.05, 3.63) is 20.8 Å². The Morgan fingerprint density at radius 2 is 2.25 bits per heavy atom. The molecule has 0 saturated heterocycles. The van der Waals surface area contributed by atoms with Crippen molar-refractivity contribution < 1.29 is 4.74 Å². The van der Waals surface area contributed by atoms with Crippen molar-refractivity contribution in [3.63, 3.8) is 0 Å². The second-order valence-electron chi connectivity index (χ2n) is 3.45. The molecule has 1 aromatic rings. The SMILES string of the molecule is COCC(C)(C)c1cc(Br)cs1. The van der Waals surface area contributed by atoms with E-state index in [-0.39, 0.29) is 5.41 Å². The highest BCUT2D eigenvalue weighted by molar-refractivity contribution is 9.10. The molecule has 0 aromatic carbocycles. The highest BCUT2D eigenvalue weighted by Gasteiger charge is 2.21. The number of methoxy groups -OCH3 is 1. The molecule has 1 rings (SSSR count). The molecule has 1 aromatic heterocycles. The number of rotatable bonds is 3. The molecule has 0 aliphatic heterocycles. The van der Waals surface area contributed by atoms with Gasteiger partial charge in [-0.25, -0.2) is 0 Å². The third-order valence-electron chi connectivity index (χ3n) is 1.74. The lowest BCUT2D eigenvalue weighted by atomic mass is 9.93. The van der Waals surface area contributed by atoms with Gasteiger partial charge in [0, 0.05) is 27.3 Å². The standard InChI is InChI=1S/C9H13BrOS/c1-9(2,6-11-3)8-4-7(10)5-12-8/h4-5H,6H2,1-3H3. The van der Waals surface area contributed by atoms with Crippen LogP contribution in [0.3, 0.4) is 0 Å². The number of thiophene rings is 1. The first-order valence-electron chi connectivity index (χ1n) is 3.80. The Labute approximate surface area is 85.9 Å². The highest BCUT2D eigenvalue weighted by atomic mass is 79.9. The van der Waals surface area contributed by atoms with Gasteiger partial charge < -0.3 is 4.74 Å². The van der Waals surface area contributed by atoms with Crippen molar-refractivity contribution in [1.82, 2.24) is 0 Å². The quantitative estimate of drug-likeness (QED) is 0.797. The Kier molecular flexibility index (Phi) is 3.32. The van der Waals surface area contributed by atoms with Crippen molar-refractivity contribution in [1.29, 1.82) is 0 Å². The van der Waals surface area contributed by atoms with Gasteiger partial charge in [0.2, 0.25) is 0 Å². The Balaban J connectivity index is 2.81. The van der Waals surface area contributed by atoms with Crippen LogP contribution in [0, 0.1) is 0 Å². The Bertz CT molecular complexity index is 255. The normalized spacial score (nSPS) is 12.0. The molecule has 1 heterocycles. The van der Waals surface area contributed by atoms with E-state index in [1.54, 1.807) is 18.4 Å². The van der Waals surface area contributed by atoms with Crippen molar-refractivity contribution in [3.8, 4) is 0 Å². The maximum atomic E-state index is 5.16. The van der Waals surface area contributed by atoms with E-state index in [2.05, 4.69) is 41.2 Å². The molecular weight excluding hydrogens is 236 g/mol. The van der Waals surface area contributed by atoms with Crippen LogP contribution in [0.4, 0.5) is 0 Å². The Morgan fingerprint density at radius 3 is 2.67 bits per heavy atom. The van der Waals surface area contributed by atoms with E-state index in [0.29, 0.717) is 0 Å². The summed E-state index contributed by atoms with van der Waals surface area (Å²) < 4.78 is 6.32. The van der Waals surface area contributed by atoms with E-state index in [9.17, 15) is 0 Å². The summed E-state index contributed by atoms with van der Waals surface area (Å²) >= 11 is 5.21. The largest absolute Gasteiger partial charge is 0.384 e. The van der Waals surface area contributed by atoms with Gasteiger partial charge in [-0.3, -0.25) is 0 Å². The minimum atomic E-state index is 0.130. The van der Waals surface area contributed by atoms with E-state index < -0.39 is 0 Å². The molecule has 0 aliphatic rings. The number of hydrogen-bond donors (Lipinski definition) is 0. The fraction of sp³-hybridized carbons (Fsp3) is 0.556. The molecule has 0 radical (unpaired) electrons. The van der Waals surface area contributed by atoms with Crippen molar-refractivity contribution in [2.75, 3.05) is 13.7 Å². The highest BCUT2D eigenvalue weighted by Crippen LogP contribution is 2.31. The zero-order chi connectivity index (χ0) is 9.19. The van der Waals surface area contributed by atoms with Gasteiger partial charge in [0.15, 0.2) is 0 Å². The van der Waals surface area contributed by atoms with Crippen LogP contribution < -0.4 is 0 Å². The van der Waals surface area contributed by atoms with Gasteiger partial charge in [-0.15, -0.1) is 11.3 Å². The third-order valence-corrected chi connectivity index (χ3v) is 3.80. The summed E-state index contributed by atoms with van der Waals surface area (Å²) in [5, 5.41) is 2.10. The summed E-state index contributed by atoms with van der Waals surface area (Å²) in [6.07, 6.45) is 0. The van der Waals surface area contributed by atoms with Crippen LogP contribution >= 0.6 is 27.3 Å². The maximum Gasteiger partial charge on any atom is 0.0561 e. The van der Waals surface area contributed by atoms with E-state index in [4.69, 9.17) is 4.74 Å². The van der Waals surface area contributed by atoms with Crippen molar-refractivity contribution in [2.45, 2.75) is 19.3 Å². The first-order chi connectivity index (χ1) is 5.56. The summed E-state index contributed by atoms with van der Waals surface area (Å²) in [6, 6.07) is 2.16. The van der Waals surface area contributed by atoms with Crippen LogP contribution in [0.2, 0.25) is 0 Å². The average Bonchev–Trinajstić information content (AvgIpc) is 2.36. The maximum absolute atomic E-state index is 5.16. The summed E-state index contributed by atoms with van der Waals surface area (Å²) in [4.78, 5) is 1.36. The minimum absolute atomic E-state index is 0.130. The number of hydrogen-bond acceptors (Lipinski definition) is 2. The molecule has 0 bridgehead atoms. The van der Waals surface area contributed by atoms with E-state index in [1.165, 1.54) is 4.88 Å². The van der Waals surface area contributed by atoms with Gasteiger partial charge >= 0.3 is 0 Å². The molecule has 0 aliphatic carbocycles. The lowest BCUT2D eigenvalue weighted by Gasteiger charge is -2.21. The molecule has 0 N–H and O–H groups in total. The van der Waals surface area contributed by atoms with Crippen LogP contribution in [-0.4, -0.2) is 13.7 Å². The van der Waals surface area contributed by atoms with Gasteiger partial charge in [-0.05, 0) is 22.0 Å². The average molecular weight is 249 g/mol. The molecule has 0 spiro atoms. The molecule has 0 amide bonds. The Morgan fingerprint density at radius 1 is 1.58 bits per heavy atom. The van der Waals surface area contributed by atoms with E-state index in [0.717, 1.165) is 11.1 Å². The molecule has 0 saturated carbocycles. The second-order valence-corrected chi connectivity index (χ2v) is 5.27. The van der Waals surface area contributed by atoms with Crippen molar-refractivity contribution in [2.24, 2.45) is 0 Å². The first kappa shape index (κ1) is 10.2. The molecular formula is C9H13BrOS. The zero-order valence-corrected chi connectivity index (χ0v) is 9.96. The predicted octanol–water partition coefficient (Wildman–Crippen LogP) is 3.43. The molecule has 0 unspecified atom stereocenters. The lowest BCUT2D eigenvalue weighted by Crippen LogP contribution is -2.21. The molecule has 0 fully saturated rings. The molecule has 12 heavy (non-hydrogen) atoms. The fourth-order valence-electron chi connectivity index (χ4n) is 1.10. The van der Waals surface area contributed by atoms with Gasteiger partial charge in [-0.2, -0.15) is 0 Å². The minimum Gasteiger partial charge on any atom is -0.384 e. The summed E-state index contributed by atoms with van der Waals surface area (Å²) in [5.41, 5.74) is 0.130. The van der Waals surface area contributed by atoms with E-state index in [1.807, 2.05) is 0 Å². The predicted molar refractivity (Wildman–Crippen MR) is 56.9 cm³/mol. The van der Waals surface area contributed by atoms with Crippen LogP contribution in [0.5, 0.6) is 0 Å². The summed E-state index contributed by atoms with van der Waals surface area (Å²) in [7, 11) is 1.74. The van der Waals surface area contributed by atoms with Crippen molar-refractivity contribution >= 4 is 27.3 Å². The monoisotopic (exact) mass is 248 g/mol. The fourth-order valence-corrected chi connectivity index (χ4v) is 2.64. The van der Waals surface area contributed by atoms with Crippen LogP contribution in [0.15, 0.2) is 15.9 Å². The summed E-state index contributed by atoms with van der Waals surface area (Å²) in [6.45, 7) is 5.14. The molecule has 3 heteroatoms. The number of halogens is 1. The lowest BCUT2D eigenvalue weighted by molar-refractivity contribution is 0.148. The van der Waals surface area contributed by atoms with Crippen LogP contribution in [0.25, 0.3) is 0 Å². The van der Waals surface area contributed by atoms with E-state index >= 15 is 0 Å². The first-order valence-corrected chi connectivity index (χ1v) is 5.47. The van der Waals surface area contributed by atoms with Crippen LogP contribution in [0.1, 0.15) is 18.7 Å². The van der Waals surface area contributed by atoms with Gasteiger partial charge in [0.25, 0.3) is 0 Å². The zero-order valence-electron chi connectivity index (χ0n) is 7.56. The van der Waals surface area contributed by atoms with Gasteiger partial charge in [0.05, 0.1) is 6.61 Å². The molecule has 1 nitrogen and oxygen atoms in total. The smallest absolute Gasteiger partial charge is 0.0561 e. The second kappa shape index (κ2) is 3.90. The molecule has 68 valence electrons. The Hall–Kier alpha value is 0.140. The topological polar surface area (TPSA) is 9.23 Å².